The average molecular weight is 384 g/mol. The third kappa shape index (κ3) is 5.00. The molecule has 0 fully saturated rings. The zero-order chi connectivity index (χ0) is 19.9. The fourth-order valence-corrected chi connectivity index (χ4v) is 2.61. The van der Waals surface area contributed by atoms with Crippen molar-refractivity contribution in [1.82, 2.24) is 10.3 Å². The number of Topliss-reactive ketones (excluding diaryl/α,β-unsaturated/α-hetero) is 1. The smallest absolute Gasteiger partial charge is 0.417 e. The van der Waals surface area contributed by atoms with Crippen LogP contribution in [0.1, 0.15) is 23.2 Å². The van der Waals surface area contributed by atoms with Gasteiger partial charge in [0.2, 0.25) is 5.91 Å². The summed E-state index contributed by atoms with van der Waals surface area (Å²) >= 11 is 0. The van der Waals surface area contributed by atoms with Crippen molar-refractivity contribution in [2.75, 3.05) is 20.3 Å². The average Bonchev–Trinajstić information content (AvgIpc) is 3.09. The van der Waals surface area contributed by atoms with Crippen LogP contribution in [0.2, 0.25) is 0 Å². The first kappa shape index (κ1) is 19.2. The monoisotopic (exact) mass is 384 g/mol. The number of hydrogen-bond donors (Lipinski definition) is 2. The minimum Gasteiger partial charge on any atom is -0.497 e. The number of carbonyl (C=O) groups excluding carboxylic acids is 2. The van der Waals surface area contributed by atoms with Crippen LogP contribution in [0.4, 0.5) is 0 Å². The van der Waals surface area contributed by atoms with E-state index in [1.807, 2.05) is 0 Å². The summed E-state index contributed by atoms with van der Waals surface area (Å²) < 4.78 is 15.5. The Morgan fingerprint density at radius 3 is 2.57 bits per heavy atom. The Hall–Kier alpha value is -3.55. The van der Waals surface area contributed by atoms with Gasteiger partial charge in [-0.25, -0.2) is 4.79 Å². The number of oxazole rings is 1. The quantitative estimate of drug-likeness (QED) is 0.433. The predicted molar refractivity (Wildman–Crippen MR) is 102 cm³/mol. The number of hydrogen-bond acceptors (Lipinski definition) is 6. The van der Waals surface area contributed by atoms with Crippen molar-refractivity contribution in [2.24, 2.45) is 0 Å². The fourth-order valence-electron chi connectivity index (χ4n) is 2.61. The predicted octanol–water partition coefficient (Wildman–Crippen LogP) is 2.29. The summed E-state index contributed by atoms with van der Waals surface area (Å²) in [5, 5.41) is 2.71. The third-order valence-electron chi connectivity index (χ3n) is 4.07. The molecule has 3 aromatic rings. The number of carbonyl (C=O) groups is 2. The molecule has 0 atom stereocenters. The molecule has 146 valence electrons. The highest BCUT2D eigenvalue weighted by molar-refractivity contribution is 6.00. The van der Waals surface area contributed by atoms with E-state index in [2.05, 4.69) is 10.3 Å². The van der Waals surface area contributed by atoms with Crippen LogP contribution in [0.15, 0.2) is 51.7 Å². The van der Waals surface area contributed by atoms with Crippen molar-refractivity contribution < 1.29 is 23.5 Å². The third-order valence-corrected chi connectivity index (χ3v) is 4.07. The molecule has 1 heterocycles. The van der Waals surface area contributed by atoms with Gasteiger partial charge in [-0.1, -0.05) is 0 Å². The first-order valence-electron chi connectivity index (χ1n) is 8.75. The molecule has 0 aliphatic heterocycles. The van der Waals surface area contributed by atoms with Crippen LogP contribution in [-0.2, 0) is 4.79 Å². The van der Waals surface area contributed by atoms with Crippen LogP contribution in [0, 0.1) is 0 Å². The van der Waals surface area contributed by atoms with Crippen molar-refractivity contribution in [3.63, 3.8) is 0 Å². The maximum Gasteiger partial charge on any atom is 0.417 e. The van der Waals surface area contributed by atoms with Gasteiger partial charge < -0.3 is 19.2 Å². The van der Waals surface area contributed by atoms with Crippen LogP contribution in [0.3, 0.4) is 0 Å². The largest absolute Gasteiger partial charge is 0.497 e. The lowest BCUT2D eigenvalue weighted by atomic mass is 10.1. The van der Waals surface area contributed by atoms with Gasteiger partial charge in [-0.05, 0) is 42.5 Å². The highest BCUT2D eigenvalue weighted by atomic mass is 16.5. The molecule has 8 heteroatoms. The Labute approximate surface area is 160 Å². The summed E-state index contributed by atoms with van der Waals surface area (Å²) in [7, 11) is 1.59. The highest BCUT2D eigenvalue weighted by Gasteiger charge is 2.11. The van der Waals surface area contributed by atoms with E-state index in [4.69, 9.17) is 13.9 Å². The number of rotatable bonds is 9. The molecular weight excluding hydrogens is 364 g/mol. The summed E-state index contributed by atoms with van der Waals surface area (Å²) in [5.41, 5.74) is 1.23. The first-order chi connectivity index (χ1) is 13.5. The van der Waals surface area contributed by atoms with Gasteiger partial charge in [-0.2, -0.15) is 0 Å². The van der Waals surface area contributed by atoms with Gasteiger partial charge in [0.15, 0.2) is 11.4 Å². The van der Waals surface area contributed by atoms with Gasteiger partial charge in [-0.3, -0.25) is 14.6 Å². The molecule has 0 unspecified atom stereocenters. The second kappa shape index (κ2) is 8.90. The lowest BCUT2D eigenvalue weighted by Crippen LogP contribution is -2.28. The van der Waals surface area contributed by atoms with Crippen molar-refractivity contribution in [1.29, 1.82) is 0 Å². The van der Waals surface area contributed by atoms with Gasteiger partial charge in [-0.15, -0.1) is 0 Å². The topological polar surface area (TPSA) is 111 Å². The molecular formula is C20H20N2O6. The number of methoxy groups -OCH3 is 1. The molecule has 1 aromatic heterocycles. The molecule has 0 spiro atoms. The molecule has 1 amide bonds. The number of H-pyrrole nitrogens is 1. The van der Waals surface area contributed by atoms with Crippen molar-refractivity contribution in [2.45, 2.75) is 12.8 Å². The second-order valence-electron chi connectivity index (χ2n) is 6.02. The molecule has 0 saturated carbocycles. The Balaban J connectivity index is 1.39. The lowest BCUT2D eigenvalue weighted by molar-refractivity contribution is -0.121. The molecule has 28 heavy (non-hydrogen) atoms. The minimum absolute atomic E-state index is 0.0608. The van der Waals surface area contributed by atoms with E-state index in [1.165, 1.54) is 6.07 Å². The summed E-state index contributed by atoms with van der Waals surface area (Å²) in [4.78, 5) is 37.8. The summed E-state index contributed by atoms with van der Waals surface area (Å²) in [6, 6.07) is 11.8. The van der Waals surface area contributed by atoms with E-state index in [-0.39, 0.29) is 24.5 Å². The Kier molecular flexibility index (Phi) is 6.11. The zero-order valence-electron chi connectivity index (χ0n) is 15.3. The number of ether oxygens (including phenoxy) is 2. The lowest BCUT2D eigenvalue weighted by Gasteiger charge is -2.08. The van der Waals surface area contributed by atoms with Crippen LogP contribution in [0.25, 0.3) is 11.1 Å². The standard InChI is InChI=1S/C20H20N2O6/c1-26-14-3-5-15(6-4-14)27-11-10-21-19(24)9-8-17(23)13-2-7-16-18(12-13)28-20(25)22-16/h2-7,12H,8-11H2,1H3,(H,21,24)(H,22,25). The van der Waals surface area contributed by atoms with E-state index in [9.17, 15) is 14.4 Å². The maximum atomic E-state index is 12.2. The SMILES string of the molecule is COc1ccc(OCCNC(=O)CCC(=O)c2ccc3[nH]c(=O)oc3c2)cc1. The number of nitrogens with one attached hydrogen (secondary N) is 2. The van der Waals surface area contributed by atoms with Gasteiger partial charge >= 0.3 is 5.76 Å². The van der Waals surface area contributed by atoms with Crippen LogP contribution < -0.4 is 20.5 Å². The number of benzene rings is 2. The van der Waals surface area contributed by atoms with Gasteiger partial charge in [0.05, 0.1) is 19.2 Å². The van der Waals surface area contributed by atoms with Gasteiger partial charge in [0, 0.05) is 18.4 Å². The van der Waals surface area contributed by atoms with Crippen molar-refractivity contribution in [3.8, 4) is 11.5 Å². The van der Waals surface area contributed by atoms with Crippen LogP contribution in [-0.4, -0.2) is 36.9 Å². The molecule has 0 radical (unpaired) electrons. The number of aromatic amines is 1. The molecule has 0 saturated heterocycles. The van der Waals surface area contributed by atoms with E-state index in [0.29, 0.717) is 35.6 Å². The normalized spacial score (nSPS) is 10.6. The molecule has 3 rings (SSSR count). The summed E-state index contributed by atoms with van der Waals surface area (Å²) in [6.07, 6.45) is 0.127. The highest BCUT2D eigenvalue weighted by Crippen LogP contribution is 2.17. The Morgan fingerprint density at radius 2 is 1.82 bits per heavy atom. The van der Waals surface area contributed by atoms with E-state index in [0.717, 1.165) is 5.75 Å². The molecule has 8 nitrogen and oxygen atoms in total. The number of amides is 1. The molecule has 2 N–H and O–H groups in total. The Morgan fingerprint density at radius 1 is 1.07 bits per heavy atom. The van der Waals surface area contributed by atoms with Crippen molar-refractivity contribution >= 4 is 22.8 Å². The minimum atomic E-state index is -0.573. The summed E-state index contributed by atoms with van der Waals surface area (Å²) in [6.45, 7) is 0.648. The van der Waals surface area contributed by atoms with E-state index < -0.39 is 5.76 Å². The van der Waals surface area contributed by atoms with E-state index in [1.54, 1.807) is 43.5 Å². The first-order valence-corrected chi connectivity index (χ1v) is 8.75. The fraction of sp³-hybridized carbons (Fsp3) is 0.250. The Bertz CT molecular complexity index is 1020. The van der Waals surface area contributed by atoms with Gasteiger partial charge in [0.1, 0.15) is 18.1 Å². The number of ketones is 1. The summed E-state index contributed by atoms with van der Waals surface area (Å²) in [5.74, 6) is 0.410. The van der Waals surface area contributed by atoms with Crippen molar-refractivity contribution in [3.05, 3.63) is 58.6 Å². The van der Waals surface area contributed by atoms with E-state index >= 15 is 0 Å². The molecule has 0 aliphatic rings. The zero-order valence-corrected chi connectivity index (χ0v) is 15.3. The molecule has 0 bridgehead atoms. The second-order valence-corrected chi connectivity index (χ2v) is 6.02. The molecule has 2 aromatic carbocycles. The van der Waals surface area contributed by atoms with Gasteiger partial charge in [0.25, 0.3) is 0 Å². The number of aromatic nitrogens is 1. The van der Waals surface area contributed by atoms with Crippen LogP contribution >= 0.6 is 0 Å². The molecule has 0 aliphatic carbocycles. The van der Waals surface area contributed by atoms with Crippen LogP contribution in [0.5, 0.6) is 11.5 Å². The number of fused-ring (bicyclic) bond motifs is 1. The maximum absolute atomic E-state index is 12.2.